The van der Waals surface area contributed by atoms with Crippen LogP contribution in [0.25, 0.3) is 0 Å². The van der Waals surface area contributed by atoms with E-state index in [0.717, 1.165) is 23.7 Å². The second kappa shape index (κ2) is 6.42. The van der Waals surface area contributed by atoms with Crippen molar-refractivity contribution in [1.82, 2.24) is 9.97 Å². The Morgan fingerprint density at radius 1 is 1.06 bits per heavy atom. The maximum atomic E-state index is 4.49. The van der Waals surface area contributed by atoms with E-state index < -0.39 is 7.92 Å². The Balaban J connectivity index is 2.38. The van der Waals surface area contributed by atoms with Gasteiger partial charge in [-0.15, -0.1) is 0 Å². The molecule has 2 aromatic rings. The Hall–Kier alpha value is -1.53. The minimum Gasteiger partial charge on any atom is -0.256 e. The van der Waals surface area contributed by atoms with Crippen LogP contribution in [0.4, 0.5) is 0 Å². The molecule has 0 atom stereocenters. The minimum absolute atomic E-state index is 0.635. The standard InChI is InChI=1S/C15H17N2P/c1-3-8-13(2)18(14-9-4-6-11-16-14)15-10-5-7-12-17-15/h4-7,9-12H,2-3,8H2,1H3. The molecule has 0 aliphatic heterocycles. The predicted molar refractivity (Wildman–Crippen MR) is 78.7 cm³/mol. The van der Waals surface area contributed by atoms with Crippen molar-refractivity contribution in [2.45, 2.75) is 19.8 Å². The third-order valence-corrected chi connectivity index (χ3v) is 4.91. The Bertz CT molecular complexity index is 457. The van der Waals surface area contributed by atoms with Crippen LogP contribution in [0.5, 0.6) is 0 Å². The van der Waals surface area contributed by atoms with Gasteiger partial charge in [-0.05, 0) is 36.0 Å². The normalized spacial score (nSPS) is 10.6. The summed E-state index contributed by atoms with van der Waals surface area (Å²) >= 11 is 0. The zero-order chi connectivity index (χ0) is 12.8. The first-order valence-corrected chi connectivity index (χ1v) is 7.47. The average molecular weight is 256 g/mol. The van der Waals surface area contributed by atoms with Gasteiger partial charge in [0.05, 0.1) is 10.9 Å². The Kier molecular flexibility index (Phi) is 4.60. The molecule has 0 N–H and O–H groups in total. The van der Waals surface area contributed by atoms with Crippen LogP contribution < -0.4 is 10.9 Å². The van der Waals surface area contributed by atoms with Crippen molar-refractivity contribution in [2.75, 3.05) is 0 Å². The second-order valence-electron chi connectivity index (χ2n) is 4.03. The van der Waals surface area contributed by atoms with Gasteiger partial charge in [-0.1, -0.05) is 32.1 Å². The van der Waals surface area contributed by atoms with Crippen LogP contribution in [0.3, 0.4) is 0 Å². The van der Waals surface area contributed by atoms with Gasteiger partial charge >= 0.3 is 0 Å². The molecule has 0 aliphatic rings. The number of allylic oxidation sites excluding steroid dienone is 1. The number of nitrogens with zero attached hydrogens (tertiary/aromatic N) is 2. The van der Waals surface area contributed by atoms with Gasteiger partial charge in [0, 0.05) is 20.3 Å². The van der Waals surface area contributed by atoms with E-state index in [0.29, 0.717) is 0 Å². The number of pyridine rings is 2. The van der Waals surface area contributed by atoms with Crippen molar-refractivity contribution in [2.24, 2.45) is 0 Å². The molecule has 2 rings (SSSR count). The molecule has 2 nitrogen and oxygen atoms in total. The van der Waals surface area contributed by atoms with Crippen LogP contribution in [0.2, 0.25) is 0 Å². The molecule has 0 saturated carbocycles. The smallest absolute Gasteiger partial charge is 0.0733 e. The molecule has 0 aromatic carbocycles. The Morgan fingerprint density at radius 3 is 2.00 bits per heavy atom. The summed E-state index contributed by atoms with van der Waals surface area (Å²) in [6.45, 7) is 6.42. The lowest BCUT2D eigenvalue weighted by Crippen LogP contribution is -2.17. The molecule has 0 radical (unpaired) electrons. The lowest BCUT2D eigenvalue weighted by molar-refractivity contribution is 0.948. The first kappa shape index (κ1) is 12.9. The van der Waals surface area contributed by atoms with E-state index in [1.54, 1.807) is 0 Å². The molecule has 92 valence electrons. The molecule has 0 bridgehead atoms. The SMILES string of the molecule is C=C(CCC)P(c1ccccn1)c1ccccn1. The largest absolute Gasteiger partial charge is 0.256 e. The highest BCUT2D eigenvalue weighted by Crippen LogP contribution is 2.42. The number of rotatable bonds is 5. The van der Waals surface area contributed by atoms with Crippen molar-refractivity contribution >= 4 is 18.8 Å². The van der Waals surface area contributed by atoms with E-state index in [1.807, 2.05) is 36.7 Å². The number of hydrogen-bond acceptors (Lipinski definition) is 2. The molecule has 18 heavy (non-hydrogen) atoms. The molecule has 0 spiro atoms. The van der Waals surface area contributed by atoms with Crippen LogP contribution >= 0.6 is 7.92 Å². The summed E-state index contributed by atoms with van der Waals surface area (Å²) in [5, 5.41) is 1.24. The van der Waals surface area contributed by atoms with E-state index in [-0.39, 0.29) is 0 Å². The van der Waals surface area contributed by atoms with E-state index in [9.17, 15) is 0 Å². The fourth-order valence-electron chi connectivity index (χ4n) is 1.81. The van der Waals surface area contributed by atoms with Gasteiger partial charge in [0.2, 0.25) is 0 Å². The van der Waals surface area contributed by atoms with Gasteiger partial charge in [0.1, 0.15) is 0 Å². The van der Waals surface area contributed by atoms with Crippen molar-refractivity contribution in [3.63, 3.8) is 0 Å². The first-order chi connectivity index (χ1) is 8.83. The third-order valence-electron chi connectivity index (χ3n) is 2.61. The van der Waals surface area contributed by atoms with Crippen LogP contribution in [0.15, 0.2) is 60.7 Å². The molecule has 0 saturated heterocycles. The van der Waals surface area contributed by atoms with Crippen LogP contribution in [-0.2, 0) is 0 Å². The van der Waals surface area contributed by atoms with Gasteiger partial charge in [-0.3, -0.25) is 9.97 Å². The Labute approximate surface area is 110 Å². The minimum atomic E-state index is -0.635. The second-order valence-corrected chi connectivity index (χ2v) is 6.25. The molecule has 3 heteroatoms. The summed E-state index contributed by atoms with van der Waals surface area (Å²) in [7, 11) is -0.635. The van der Waals surface area contributed by atoms with Gasteiger partial charge in [-0.25, -0.2) is 0 Å². The fourth-order valence-corrected chi connectivity index (χ4v) is 3.98. The van der Waals surface area contributed by atoms with Crippen LogP contribution in [0.1, 0.15) is 19.8 Å². The van der Waals surface area contributed by atoms with Crippen molar-refractivity contribution in [3.8, 4) is 0 Å². The summed E-state index contributed by atoms with van der Waals surface area (Å²) < 4.78 is 0. The van der Waals surface area contributed by atoms with E-state index in [2.05, 4.69) is 35.6 Å². The lowest BCUT2D eigenvalue weighted by Gasteiger charge is -2.18. The monoisotopic (exact) mass is 256 g/mol. The van der Waals surface area contributed by atoms with E-state index in [4.69, 9.17) is 0 Å². The van der Waals surface area contributed by atoms with Gasteiger partial charge in [0.25, 0.3) is 0 Å². The fraction of sp³-hybridized carbons (Fsp3) is 0.200. The zero-order valence-electron chi connectivity index (χ0n) is 10.6. The summed E-state index contributed by atoms with van der Waals surface area (Å²) in [6.07, 6.45) is 5.82. The quantitative estimate of drug-likeness (QED) is 0.768. The summed E-state index contributed by atoms with van der Waals surface area (Å²) in [5.41, 5.74) is 2.18. The predicted octanol–water partition coefficient (Wildman–Crippen LogP) is 3.22. The molecular formula is C15H17N2P. The lowest BCUT2D eigenvalue weighted by atomic mass is 10.3. The highest BCUT2D eigenvalue weighted by atomic mass is 31.1. The maximum Gasteiger partial charge on any atom is 0.0733 e. The maximum absolute atomic E-state index is 4.49. The molecule has 0 fully saturated rings. The average Bonchev–Trinajstić information content (AvgIpc) is 2.42. The molecule has 2 aromatic heterocycles. The van der Waals surface area contributed by atoms with Gasteiger partial charge in [0.15, 0.2) is 0 Å². The number of aromatic nitrogens is 2. The molecule has 0 unspecified atom stereocenters. The van der Waals surface area contributed by atoms with E-state index in [1.165, 1.54) is 5.31 Å². The highest BCUT2D eigenvalue weighted by Gasteiger charge is 2.18. The van der Waals surface area contributed by atoms with Crippen LogP contribution in [0, 0.1) is 0 Å². The van der Waals surface area contributed by atoms with Crippen molar-refractivity contribution < 1.29 is 0 Å². The topological polar surface area (TPSA) is 25.8 Å². The third kappa shape index (κ3) is 3.02. The molecular weight excluding hydrogens is 239 g/mol. The van der Waals surface area contributed by atoms with Gasteiger partial charge < -0.3 is 0 Å². The zero-order valence-corrected chi connectivity index (χ0v) is 11.5. The van der Waals surface area contributed by atoms with Crippen molar-refractivity contribution in [3.05, 3.63) is 60.7 Å². The number of hydrogen-bond donors (Lipinski definition) is 0. The Morgan fingerprint density at radius 2 is 1.61 bits per heavy atom. The summed E-state index contributed by atoms with van der Waals surface area (Å²) in [6, 6.07) is 12.1. The van der Waals surface area contributed by atoms with Gasteiger partial charge in [-0.2, -0.15) is 0 Å². The van der Waals surface area contributed by atoms with Crippen molar-refractivity contribution in [1.29, 1.82) is 0 Å². The van der Waals surface area contributed by atoms with Crippen LogP contribution in [-0.4, -0.2) is 9.97 Å². The molecule has 2 heterocycles. The molecule has 0 amide bonds. The molecule has 0 aliphatic carbocycles. The first-order valence-electron chi connectivity index (χ1n) is 6.13. The van der Waals surface area contributed by atoms with E-state index >= 15 is 0 Å². The highest BCUT2D eigenvalue weighted by molar-refractivity contribution is 7.76. The summed E-state index contributed by atoms with van der Waals surface area (Å²) in [4.78, 5) is 8.97. The summed E-state index contributed by atoms with van der Waals surface area (Å²) in [5.74, 6) is 0.